The standard InChI is InChI=1S/C33H22N2/c1-2-10-23-21(9-1)19-28(25-12-4-3-11-24(23)25)22-17-18-27-29(20-22)26-13-5-7-15-31(26)35-32-16-8-6-14-30(32)34-33(27)35/h1-20,30,32H. The van der Waals surface area contributed by atoms with Gasteiger partial charge in [-0.1, -0.05) is 103 Å². The van der Waals surface area contributed by atoms with E-state index >= 15 is 0 Å². The van der Waals surface area contributed by atoms with Gasteiger partial charge >= 0.3 is 0 Å². The van der Waals surface area contributed by atoms with Crippen molar-refractivity contribution in [2.75, 3.05) is 4.90 Å². The molecule has 5 aromatic carbocycles. The van der Waals surface area contributed by atoms with E-state index in [2.05, 4.69) is 126 Å². The van der Waals surface area contributed by atoms with Crippen molar-refractivity contribution < 1.29 is 0 Å². The SMILES string of the molecule is C1=CC2N=C3c4ccc(-c5cc6ccccc6c6ccccc56)cc4-c4ccccc4N3C2C=C1. The van der Waals surface area contributed by atoms with E-state index in [0.29, 0.717) is 0 Å². The quantitative estimate of drug-likeness (QED) is 0.240. The summed E-state index contributed by atoms with van der Waals surface area (Å²) >= 11 is 0. The highest BCUT2D eigenvalue weighted by Gasteiger charge is 2.40. The Kier molecular flexibility index (Phi) is 3.81. The fraction of sp³-hybridized carbons (Fsp3) is 0.0606. The van der Waals surface area contributed by atoms with Crippen LogP contribution in [0, 0.1) is 0 Å². The summed E-state index contributed by atoms with van der Waals surface area (Å²) in [6.07, 6.45) is 8.75. The Hall–Kier alpha value is -4.43. The number of nitrogens with zero attached hydrogens (tertiary/aromatic N) is 2. The van der Waals surface area contributed by atoms with Gasteiger partial charge in [0.2, 0.25) is 0 Å². The molecular formula is C33H22N2. The van der Waals surface area contributed by atoms with Crippen LogP contribution in [0.3, 0.4) is 0 Å². The molecule has 164 valence electrons. The maximum atomic E-state index is 5.17. The third-order valence-corrected chi connectivity index (χ3v) is 7.67. The molecule has 0 saturated heterocycles. The van der Waals surface area contributed by atoms with Gasteiger partial charge < -0.3 is 4.90 Å². The first kappa shape index (κ1) is 18.9. The van der Waals surface area contributed by atoms with Gasteiger partial charge in [-0.25, -0.2) is 0 Å². The van der Waals surface area contributed by atoms with Crippen LogP contribution in [0.5, 0.6) is 0 Å². The first-order valence-electron chi connectivity index (χ1n) is 12.2. The average molecular weight is 447 g/mol. The molecule has 0 aromatic heterocycles. The van der Waals surface area contributed by atoms with Gasteiger partial charge in [0.25, 0.3) is 0 Å². The largest absolute Gasteiger partial charge is 0.316 e. The first-order chi connectivity index (χ1) is 17.4. The Morgan fingerprint density at radius 1 is 0.571 bits per heavy atom. The zero-order valence-electron chi connectivity index (χ0n) is 19.1. The molecule has 2 aliphatic heterocycles. The van der Waals surface area contributed by atoms with E-state index in [-0.39, 0.29) is 12.1 Å². The molecule has 0 N–H and O–H groups in total. The fourth-order valence-corrected chi connectivity index (χ4v) is 6.09. The van der Waals surface area contributed by atoms with Gasteiger partial charge in [0.05, 0.1) is 17.8 Å². The number of anilines is 1. The molecule has 0 radical (unpaired) electrons. The van der Waals surface area contributed by atoms with Gasteiger partial charge in [-0.2, -0.15) is 0 Å². The molecule has 2 unspecified atom stereocenters. The van der Waals surface area contributed by atoms with Gasteiger partial charge in [0.1, 0.15) is 5.84 Å². The van der Waals surface area contributed by atoms with Crippen molar-refractivity contribution in [3.63, 3.8) is 0 Å². The maximum Gasteiger partial charge on any atom is 0.137 e. The third-order valence-electron chi connectivity index (χ3n) is 7.67. The van der Waals surface area contributed by atoms with Crippen LogP contribution in [0.4, 0.5) is 5.69 Å². The Morgan fingerprint density at radius 3 is 2.29 bits per heavy atom. The van der Waals surface area contributed by atoms with Crippen molar-refractivity contribution in [2.45, 2.75) is 12.1 Å². The van der Waals surface area contributed by atoms with Crippen molar-refractivity contribution in [3.05, 3.63) is 127 Å². The summed E-state index contributed by atoms with van der Waals surface area (Å²) in [5, 5.41) is 5.16. The van der Waals surface area contributed by atoms with E-state index in [4.69, 9.17) is 4.99 Å². The van der Waals surface area contributed by atoms with E-state index in [1.54, 1.807) is 0 Å². The number of allylic oxidation sites excluding steroid dienone is 2. The predicted molar refractivity (Wildman–Crippen MR) is 147 cm³/mol. The lowest BCUT2D eigenvalue weighted by molar-refractivity contribution is 0.739. The van der Waals surface area contributed by atoms with Crippen LogP contribution in [0.25, 0.3) is 43.8 Å². The Bertz CT molecular complexity index is 1770. The Morgan fingerprint density at radius 2 is 1.34 bits per heavy atom. The van der Waals surface area contributed by atoms with E-state index in [0.717, 1.165) is 5.84 Å². The summed E-state index contributed by atoms with van der Waals surface area (Å²) in [6, 6.07) is 35.9. The summed E-state index contributed by atoms with van der Waals surface area (Å²) < 4.78 is 0. The molecule has 2 nitrogen and oxygen atoms in total. The molecule has 2 heteroatoms. The van der Waals surface area contributed by atoms with Crippen molar-refractivity contribution >= 4 is 33.1 Å². The molecule has 2 atom stereocenters. The van der Waals surface area contributed by atoms with Crippen molar-refractivity contribution in [1.29, 1.82) is 0 Å². The smallest absolute Gasteiger partial charge is 0.137 e. The average Bonchev–Trinajstić information content (AvgIpc) is 3.32. The van der Waals surface area contributed by atoms with E-state index in [1.165, 1.54) is 55.0 Å². The molecule has 3 aliphatic rings. The number of hydrogen-bond donors (Lipinski definition) is 0. The molecule has 0 amide bonds. The van der Waals surface area contributed by atoms with Crippen LogP contribution in [-0.2, 0) is 0 Å². The van der Waals surface area contributed by atoms with Crippen LogP contribution < -0.4 is 4.90 Å². The monoisotopic (exact) mass is 446 g/mol. The molecule has 0 saturated carbocycles. The molecule has 0 bridgehead atoms. The maximum absolute atomic E-state index is 5.17. The third kappa shape index (κ3) is 2.62. The van der Waals surface area contributed by atoms with Crippen molar-refractivity contribution in [2.24, 2.45) is 4.99 Å². The number of aliphatic imine (C=N–C) groups is 1. The summed E-state index contributed by atoms with van der Waals surface area (Å²) in [6.45, 7) is 0. The summed E-state index contributed by atoms with van der Waals surface area (Å²) in [4.78, 5) is 7.59. The zero-order valence-corrected chi connectivity index (χ0v) is 19.1. The highest BCUT2D eigenvalue weighted by Crippen LogP contribution is 2.46. The lowest BCUT2D eigenvalue weighted by atomic mass is 9.87. The molecule has 5 aromatic rings. The Labute approximate surface area is 204 Å². The summed E-state index contributed by atoms with van der Waals surface area (Å²) in [5.74, 6) is 1.08. The molecular weight excluding hydrogens is 424 g/mol. The van der Waals surface area contributed by atoms with E-state index in [1.807, 2.05) is 0 Å². The zero-order chi connectivity index (χ0) is 22.9. The number of hydrogen-bond acceptors (Lipinski definition) is 2. The minimum absolute atomic E-state index is 0.165. The van der Waals surface area contributed by atoms with Crippen LogP contribution in [-0.4, -0.2) is 17.9 Å². The highest BCUT2D eigenvalue weighted by atomic mass is 15.3. The molecule has 0 spiro atoms. The first-order valence-corrected chi connectivity index (χ1v) is 12.2. The van der Waals surface area contributed by atoms with Crippen LogP contribution in [0.2, 0.25) is 0 Å². The highest BCUT2D eigenvalue weighted by molar-refractivity contribution is 6.21. The van der Waals surface area contributed by atoms with Gasteiger partial charge in [0.15, 0.2) is 0 Å². The number of fused-ring (bicyclic) bond motifs is 11. The lowest BCUT2D eigenvalue weighted by Gasteiger charge is -2.35. The van der Waals surface area contributed by atoms with E-state index in [9.17, 15) is 0 Å². The number of rotatable bonds is 1. The Balaban J connectivity index is 1.39. The molecule has 2 heterocycles. The van der Waals surface area contributed by atoms with Crippen molar-refractivity contribution in [1.82, 2.24) is 0 Å². The van der Waals surface area contributed by atoms with E-state index < -0.39 is 0 Å². The molecule has 0 fully saturated rings. The van der Waals surface area contributed by atoms with Crippen molar-refractivity contribution in [3.8, 4) is 22.3 Å². The second-order valence-corrected chi connectivity index (χ2v) is 9.54. The fourth-order valence-electron chi connectivity index (χ4n) is 6.09. The molecule has 8 rings (SSSR count). The molecule has 1 aliphatic carbocycles. The van der Waals surface area contributed by atoms with Crippen LogP contribution in [0.15, 0.2) is 126 Å². The summed E-state index contributed by atoms with van der Waals surface area (Å²) in [7, 11) is 0. The number of benzene rings is 5. The number of amidine groups is 1. The molecule has 35 heavy (non-hydrogen) atoms. The lowest BCUT2D eigenvalue weighted by Crippen LogP contribution is -2.41. The van der Waals surface area contributed by atoms with Crippen LogP contribution in [0.1, 0.15) is 5.56 Å². The van der Waals surface area contributed by atoms with Gasteiger partial charge in [0, 0.05) is 11.1 Å². The second-order valence-electron chi connectivity index (χ2n) is 9.54. The normalized spacial score (nSPS) is 19.3. The predicted octanol–water partition coefficient (Wildman–Crippen LogP) is 7.77. The minimum Gasteiger partial charge on any atom is -0.316 e. The summed E-state index contributed by atoms with van der Waals surface area (Å²) in [5.41, 5.74) is 7.51. The number of para-hydroxylation sites is 1. The van der Waals surface area contributed by atoms with Crippen LogP contribution >= 0.6 is 0 Å². The minimum atomic E-state index is 0.165. The second kappa shape index (κ2) is 7.04. The topological polar surface area (TPSA) is 15.6 Å². The van der Waals surface area contributed by atoms with Gasteiger partial charge in [-0.05, 0) is 56.4 Å². The van der Waals surface area contributed by atoms with Gasteiger partial charge in [-0.15, -0.1) is 0 Å². The van der Waals surface area contributed by atoms with Gasteiger partial charge in [-0.3, -0.25) is 4.99 Å².